The second-order valence-electron chi connectivity index (χ2n) is 5.16. The number of sulfonamides is 1. The summed E-state index contributed by atoms with van der Waals surface area (Å²) in [6, 6.07) is 5.13. The SMILES string of the molecule is COC(=O)C1CCCN(S(=O)(=O)c2ccc(C)cc2Br)C1. The van der Waals surface area contributed by atoms with E-state index in [2.05, 4.69) is 15.9 Å². The maximum atomic E-state index is 12.7. The second kappa shape index (κ2) is 6.46. The Morgan fingerprint density at radius 2 is 2.14 bits per heavy atom. The summed E-state index contributed by atoms with van der Waals surface area (Å²) in [5.41, 5.74) is 0.979. The van der Waals surface area contributed by atoms with Gasteiger partial charge in [0.25, 0.3) is 0 Å². The Kier molecular flexibility index (Phi) is 5.06. The number of carbonyl (C=O) groups is 1. The number of hydrogen-bond donors (Lipinski definition) is 0. The first-order valence-electron chi connectivity index (χ1n) is 6.70. The number of benzene rings is 1. The van der Waals surface area contributed by atoms with E-state index in [1.54, 1.807) is 18.2 Å². The lowest BCUT2D eigenvalue weighted by molar-refractivity contribution is -0.146. The highest BCUT2D eigenvalue weighted by Gasteiger charge is 2.34. The zero-order valence-corrected chi connectivity index (χ0v) is 14.4. The zero-order valence-electron chi connectivity index (χ0n) is 12.0. The molecule has 1 saturated heterocycles. The van der Waals surface area contributed by atoms with Crippen molar-refractivity contribution >= 4 is 31.9 Å². The molecule has 1 atom stereocenters. The molecule has 1 heterocycles. The first kappa shape index (κ1) is 16.5. The number of nitrogens with zero attached hydrogens (tertiary/aromatic N) is 1. The Hall–Kier alpha value is -0.920. The summed E-state index contributed by atoms with van der Waals surface area (Å²) < 4.78 is 32.1. The average molecular weight is 376 g/mol. The molecule has 0 N–H and O–H groups in total. The van der Waals surface area contributed by atoms with Gasteiger partial charge in [-0.15, -0.1) is 0 Å². The van der Waals surface area contributed by atoms with Crippen LogP contribution < -0.4 is 0 Å². The van der Waals surface area contributed by atoms with Gasteiger partial charge in [-0.1, -0.05) is 6.07 Å². The van der Waals surface area contributed by atoms with Crippen LogP contribution in [0.4, 0.5) is 0 Å². The zero-order chi connectivity index (χ0) is 15.6. The normalized spacial score (nSPS) is 20.2. The molecule has 0 saturated carbocycles. The summed E-state index contributed by atoms with van der Waals surface area (Å²) in [6.07, 6.45) is 1.32. The molecule has 7 heteroatoms. The minimum Gasteiger partial charge on any atom is -0.469 e. The summed E-state index contributed by atoms with van der Waals surface area (Å²) in [4.78, 5) is 11.9. The monoisotopic (exact) mass is 375 g/mol. The summed E-state index contributed by atoms with van der Waals surface area (Å²) in [5, 5.41) is 0. The molecule has 21 heavy (non-hydrogen) atoms. The molecular weight excluding hydrogens is 358 g/mol. The smallest absolute Gasteiger partial charge is 0.309 e. The van der Waals surface area contributed by atoms with Crippen LogP contribution in [-0.4, -0.2) is 38.9 Å². The molecule has 1 unspecified atom stereocenters. The Bertz CT molecular complexity index is 644. The van der Waals surface area contributed by atoms with E-state index in [1.807, 2.05) is 6.92 Å². The summed E-state index contributed by atoms with van der Waals surface area (Å²) in [5.74, 6) is -0.736. The number of rotatable bonds is 3. The van der Waals surface area contributed by atoms with Crippen LogP contribution in [0.5, 0.6) is 0 Å². The minimum atomic E-state index is -3.61. The lowest BCUT2D eigenvalue weighted by Crippen LogP contribution is -2.42. The van der Waals surface area contributed by atoms with Gasteiger partial charge in [0.2, 0.25) is 10.0 Å². The van der Waals surface area contributed by atoms with Crippen molar-refractivity contribution in [3.05, 3.63) is 28.2 Å². The summed E-state index contributed by atoms with van der Waals surface area (Å²) >= 11 is 3.31. The highest BCUT2D eigenvalue weighted by atomic mass is 79.9. The maximum absolute atomic E-state index is 12.7. The molecule has 1 aliphatic rings. The topological polar surface area (TPSA) is 63.7 Å². The molecule has 0 aromatic heterocycles. The lowest BCUT2D eigenvalue weighted by atomic mass is 10.0. The molecule has 1 aromatic carbocycles. The van der Waals surface area contributed by atoms with E-state index in [1.165, 1.54) is 11.4 Å². The van der Waals surface area contributed by atoms with E-state index >= 15 is 0 Å². The van der Waals surface area contributed by atoms with E-state index in [4.69, 9.17) is 4.74 Å². The number of carbonyl (C=O) groups excluding carboxylic acids is 1. The van der Waals surface area contributed by atoms with Crippen molar-refractivity contribution in [1.82, 2.24) is 4.31 Å². The Morgan fingerprint density at radius 1 is 1.43 bits per heavy atom. The molecule has 2 rings (SSSR count). The van der Waals surface area contributed by atoms with E-state index in [0.717, 1.165) is 5.56 Å². The van der Waals surface area contributed by atoms with Crippen LogP contribution in [0.2, 0.25) is 0 Å². The van der Waals surface area contributed by atoms with Crippen LogP contribution in [0.15, 0.2) is 27.6 Å². The first-order chi connectivity index (χ1) is 9.86. The molecule has 1 fully saturated rings. The maximum Gasteiger partial charge on any atom is 0.309 e. The lowest BCUT2D eigenvalue weighted by Gasteiger charge is -2.30. The molecule has 116 valence electrons. The third-order valence-corrected chi connectivity index (χ3v) is 6.47. The highest BCUT2D eigenvalue weighted by molar-refractivity contribution is 9.10. The number of esters is 1. The van der Waals surface area contributed by atoms with E-state index in [9.17, 15) is 13.2 Å². The predicted octanol–water partition coefficient (Wildman–Crippen LogP) is 2.33. The van der Waals surface area contributed by atoms with Crippen LogP contribution in [-0.2, 0) is 19.6 Å². The minimum absolute atomic E-state index is 0.176. The molecule has 5 nitrogen and oxygen atoms in total. The van der Waals surface area contributed by atoms with Crippen LogP contribution in [0.3, 0.4) is 0 Å². The molecule has 0 spiro atoms. The van der Waals surface area contributed by atoms with E-state index < -0.39 is 10.0 Å². The molecule has 0 bridgehead atoms. The van der Waals surface area contributed by atoms with E-state index in [-0.39, 0.29) is 23.3 Å². The quantitative estimate of drug-likeness (QED) is 0.760. The number of halogens is 1. The number of hydrogen-bond acceptors (Lipinski definition) is 4. The Labute approximate surface area is 133 Å². The Morgan fingerprint density at radius 3 is 2.76 bits per heavy atom. The van der Waals surface area contributed by atoms with Crippen molar-refractivity contribution in [3.63, 3.8) is 0 Å². The Balaban J connectivity index is 2.28. The van der Waals surface area contributed by atoms with Crippen molar-refractivity contribution in [2.24, 2.45) is 5.92 Å². The molecular formula is C14H18BrNO4S. The average Bonchev–Trinajstić information content (AvgIpc) is 2.46. The molecule has 0 radical (unpaired) electrons. The number of piperidine rings is 1. The van der Waals surface area contributed by atoms with Crippen molar-refractivity contribution in [1.29, 1.82) is 0 Å². The largest absolute Gasteiger partial charge is 0.469 e. The van der Waals surface area contributed by atoms with Crippen LogP contribution in [0.25, 0.3) is 0 Å². The fraction of sp³-hybridized carbons (Fsp3) is 0.500. The van der Waals surface area contributed by atoms with Gasteiger partial charge >= 0.3 is 5.97 Å². The number of aryl methyl sites for hydroxylation is 1. The molecule has 0 amide bonds. The fourth-order valence-corrected chi connectivity index (χ4v) is 5.15. The van der Waals surface area contributed by atoms with Gasteiger partial charge in [-0.3, -0.25) is 4.79 Å². The van der Waals surface area contributed by atoms with Gasteiger partial charge in [-0.05, 0) is 53.4 Å². The fourth-order valence-electron chi connectivity index (χ4n) is 2.47. The van der Waals surface area contributed by atoms with Gasteiger partial charge in [-0.25, -0.2) is 8.42 Å². The van der Waals surface area contributed by atoms with Crippen molar-refractivity contribution in [3.8, 4) is 0 Å². The number of methoxy groups -OCH3 is 1. The highest BCUT2D eigenvalue weighted by Crippen LogP contribution is 2.29. The van der Waals surface area contributed by atoms with Crippen molar-refractivity contribution in [2.45, 2.75) is 24.7 Å². The van der Waals surface area contributed by atoms with Crippen LogP contribution in [0.1, 0.15) is 18.4 Å². The first-order valence-corrected chi connectivity index (χ1v) is 8.93. The van der Waals surface area contributed by atoms with E-state index in [0.29, 0.717) is 23.9 Å². The molecule has 0 aliphatic carbocycles. The summed E-state index contributed by atoms with van der Waals surface area (Å²) in [7, 11) is -2.28. The van der Waals surface area contributed by atoms with Gasteiger partial charge in [0.1, 0.15) is 0 Å². The molecule has 1 aromatic rings. The third-order valence-electron chi connectivity index (χ3n) is 3.62. The van der Waals surface area contributed by atoms with Gasteiger partial charge in [0.15, 0.2) is 0 Å². The number of ether oxygens (including phenoxy) is 1. The van der Waals surface area contributed by atoms with Gasteiger partial charge in [0.05, 0.1) is 17.9 Å². The van der Waals surface area contributed by atoms with Gasteiger partial charge in [-0.2, -0.15) is 4.31 Å². The molecule has 1 aliphatic heterocycles. The van der Waals surface area contributed by atoms with Gasteiger partial charge < -0.3 is 4.74 Å². The van der Waals surface area contributed by atoms with Crippen molar-refractivity contribution < 1.29 is 17.9 Å². The van der Waals surface area contributed by atoms with Crippen LogP contribution in [0, 0.1) is 12.8 Å². The summed E-state index contributed by atoms with van der Waals surface area (Å²) in [6.45, 7) is 2.50. The van der Waals surface area contributed by atoms with Gasteiger partial charge in [0, 0.05) is 17.6 Å². The third kappa shape index (κ3) is 3.46. The standard InChI is InChI=1S/C14H18BrNO4S/c1-10-5-6-13(12(15)8-10)21(18,19)16-7-3-4-11(9-16)14(17)20-2/h5-6,8,11H,3-4,7,9H2,1-2H3. The van der Waals surface area contributed by atoms with Crippen molar-refractivity contribution in [2.75, 3.05) is 20.2 Å². The second-order valence-corrected chi connectivity index (χ2v) is 7.92. The van der Waals surface area contributed by atoms with Crippen LogP contribution >= 0.6 is 15.9 Å². The predicted molar refractivity (Wildman–Crippen MR) is 82.4 cm³/mol.